The zero-order valence-electron chi connectivity index (χ0n) is 15.4. The summed E-state index contributed by atoms with van der Waals surface area (Å²) in [5.74, 6) is 0.0192. The summed E-state index contributed by atoms with van der Waals surface area (Å²) in [5.41, 5.74) is 3.43. The highest BCUT2D eigenvalue weighted by Gasteiger charge is 2.48. The lowest BCUT2D eigenvalue weighted by atomic mass is 9.94. The van der Waals surface area contributed by atoms with Crippen LogP contribution in [0, 0.1) is 11.3 Å². The molecule has 8 heteroatoms. The van der Waals surface area contributed by atoms with E-state index in [4.69, 9.17) is 21.6 Å². The van der Waals surface area contributed by atoms with Gasteiger partial charge in [0.2, 0.25) is 0 Å². The van der Waals surface area contributed by atoms with Crippen LogP contribution in [0.2, 0.25) is 5.15 Å². The Morgan fingerprint density at radius 1 is 1.32 bits per heavy atom. The predicted octanol–water partition coefficient (Wildman–Crippen LogP) is 2.68. The molecular formula is C20H18ClN5O2. The fourth-order valence-electron chi connectivity index (χ4n) is 3.66. The highest BCUT2D eigenvalue weighted by Crippen LogP contribution is 2.49. The van der Waals surface area contributed by atoms with Gasteiger partial charge in [0.25, 0.3) is 0 Å². The molecule has 142 valence electrons. The van der Waals surface area contributed by atoms with Crippen LogP contribution in [0.15, 0.2) is 30.7 Å². The Kier molecular flexibility index (Phi) is 4.84. The van der Waals surface area contributed by atoms with E-state index >= 15 is 0 Å². The van der Waals surface area contributed by atoms with Gasteiger partial charge in [-0.1, -0.05) is 11.6 Å². The molecule has 7 nitrogen and oxygen atoms in total. The molecule has 1 aliphatic rings. The summed E-state index contributed by atoms with van der Waals surface area (Å²) in [5, 5.41) is 13.8. The van der Waals surface area contributed by atoms with Crippen molar-refractivity contribution in [3.05, 3.63) is 58.3 Å². The van der Waals surface area contributed by atoms with Crippen LogP contribution in [0.5, 0.6) is 0 Å². The molecule has 4 rings (SSSR count). The van der Waals surface area contributed by atoms with Crippen molar-refractivity contribution >= 4 is 23.0 Å². The number of methoxy groups -OCH3 is 1. The number of Topliss-reactive ketones (excluding diaryl/α,β-unsaturated/α-hetero) is 1. The molecule has 3 aromatic heterocycles. The topological polar surface area (TPSA) is 93.2 Å². The van der Waals surface area contributed by atoms with E-state index < -0.39 is 0 Å². The van der Waals surface area contributed by atoms with Crippen LogP contribution in [0.1, 0.15) is 35.2 Å². The van der Waals surface area contributed by atoms with Crippen LogP contribution in [0.3, 0.4) is 0 Å². The Morgan fingerprint density at radius 3 is 2.86 bits per heavy atom. The molecule has 0 atom stereocenters. The van der Waals surface area contributed by atoms with Crippen LogP contribution in [0.4, 0.5) is 0 Å². The molecule has 0 spiro atoms. The second-order valence-corrected chi connectivity index (χ2v) is 7.56. The number of hydrogen-bond donors (Lipinski definition) is 0. The first-order chi connectivity index (χ1) is 13.5. The SMILES string of the molecule is COCC1(c2c(CC(=O)Cc3cncc(C#N)c3)cnc3cc(Cl)nn23)CC1. The summed E-state index contributed by atoms with van der Waals surface area (Å²) in [7, 11) is 1.68. The number of hydrogen-bond acceptors (Lipinski definition) is 6. The molecule has 1 aliphatic carbocycles. The zero-order chi connectivity index (χ0) is 19.7. The van der Waals surface area contributed by atoms with Crippen LogP contribution in [-0.2, 0) is 27.8 Å². The smallest absolute Gasteiger partial charge is 0.156 e. The summed E-state index contributed by atoms with van der Waals surface area (Å²) in [6.07, 6.45) is 7.18. The fraction of sp³-hybridized carbons (Fsp3) is 0.350. The van der Waals surface area contributed by atoms with Gasteiger partial charge in [-0.25, -0.2) is 9.50 Å². The van der Waals surface area contributed by atoms with Crippen molar-refractivity contribution in [1.29, 1.82) is 5.26 Å². The Balaban J connectivity index is 1.66. The third kappa shape index (κ3) is 3.49. The van der Waals surface area contributed by atoms with Gasteiger partial charge in [-0.3, -0.25) is 9.78 Å². The second-order valence-electron chi connectivity index (χ2n) is 7.17. The molecule has 1 fully saturated rings. The molecule has 3 aromatic rings. The Morgan fingerprint density at radius 2 is 2.14 bits per heavy atom. The molecule has 0 N–H and O–H groups in total. The summed E-state index contributed by atoms with van der Waals surface area (Å²) < 4.78 is 7.19. The maximum Gasteiger partial charge on any atom is 0.156 e. The summed E-state index contributed by atoms with van der Waals surface area (Å²) >= 11 is 6.09. The van der Waals surface area contributed by atoms with Gasteiger partial charge in [-0.2, -0.15) is 10.4 Å². The van der Waals surface area contributed by atoms with E-state index in [1.807, 2.05) is 6.07 Å². The van der Waals surface area contributed by atoms with Crippen molar-refractivity contribution in [1.82, 2.24) is 19.6 Å². The van der Waals surface area contributed by atoms with Crippen molar-refractivity contribution in [2.45, 2.75) is 31.1 Å². The molecule has 0 aromatic carbocycles. The minimum atomic E-state index is -0.164. The molecule has 0 amide bonds. The van der Waals surface area contributed by atoms with E-state index in [0.29, 0.717) is 23.0 Å². The minimum Gasteiger partial charge on any atom is -0.384 e. The lowest BCUT2D eigenvalue weighted by molar-refractivity contribution is -0.117. The van der Waals surface area contributed by atoms with Crippen molar-refractivity contribution in [3.63, 3.8) is 0 Å². The van der Waals surface area contributed by atoms with Crippen LogP contribution in [0.25, 0.3) is 5.65 Å². The quantitative estimate of drug-likeness (QED) is 0.610. The number of carbonyl (C=O) groups excluding carboxylic acids is 1. The number of ketones is 1. The lowest BCUT2D eigenvalue weighted by Crippen LogP contribution is -2.23. The molecule has 28 heavy (non-hydrogen) atoms. The maximum absolute atomic E-state index is 12.8. The third-order valence-corrected chi connectivity index (χ3v) is 5.20. The van der Waals surface area contributed by atoms with Crippen LogP contribution < -0.4 is 0 Å². The summed E-state index contributed by atoms with van der Waals surface area (Å²) in [4.78, 5) is 21.2. The number of fused-ring (bicyclic) bond motifs is 1. The first kappa shape index (κ1) is 18.5. The fourth-order valence-corrected chi connectivity index (χ4v) is 3.83. The van der Waals surface area contributed by atoms with Crippen molar-refractivity contribution in [2.24, 2.45) is 0 Å². The third-order valence-electron chi connectivity index (χ3n) is 5.02. The molecule has 0 unspecified atom stereocenters. The standard InChI is InChI=1S/C20H18ClN5O2/c1-28-12-20(2-3-20)19-15(11-24-18-7-17(21)25-26(18)19)6-16(27)5-13-4-14(8-22)10-23-9-13/h4,7,9-11H,2-3,5-6,12H2,1H3. The average Bonchev–Trinajstić information content (AvgIpc) is 3.34. The number of carbonyl (C=O) groups is 1. The molecule has 0 saturated heterocycles. The molecule has 0 radical (unpaired) electrons. The summed E-state index contributed by atoms with van der Waals surface area (Å²) in [6, 6.07) is 5.44. The second kappa shape index (κ2) is 7.30. The van der Waals surface area contributed by atoms with Gasteiger partial charge in [-0.15, -0.1) is 0 Å². The highest BCUT2D eigenvalue weighted by molar-refractivity contribution is 6.29. The first-order valence-electron chi connectivity index (χ1n) is 8.93. The lowest BCUT2D eigenvalue weighted by Gasteiger charge is -2.19. The number of rotatable bonds is 7. The minimum absolute atomic E-state index is 0.0192. The van der Waals surface area contributed by atoms with Gasteiger partial charge in [0.05, 0.1) is 17.9 Å². The van der Waals surface area contributed by atoms with E-state index in [1.54, 1.807) is 36.2 Å². The predicted molar refractivity (Wildman–Crippen MR) is 102 cm³/mol. The van der Waals surface area contributed by atoms with E-state index in [0.717, 1.165) is 29.7 Å². The Bertz CT molecular complexity index is 1100. The number of ether oxygens (including phenoxy) is 1. The monoisotopic (exact) mass is 395 g/mol. The number of pyridine rings is 1. The molecule has 1 saturated carbocycles. The largest absolute Gasteiger partial charge is 0.384 e. The van der Waals surface area contributed by atoms with Gasteiger partial charge in [0.15, 0.2) is 10.8 Å². The van der Waals surface area contributed by atoms with Crippen molar-refractivity contribution in [2.75, 3.05) is 13.7 Å². The summed E-state index contributed by atoms with van der Waals surface area (Å²) in [6.45, 7) is 0.554. The normalized spacial score (nSPS) is 14.8. The molecule has 0 bridgehead atoms. The number of nitrogens with zero attached hydrogens (tertiary/aromatic N) is 5. The average molecular weight is 396 g/mol. The number of halogens is 1. The van der Waals surface area contributed by atoms with Gasteiger partial charge < -0.3 is 4.74 Å². The van der Waals surface area contributed by atoms with Gasteiger partial charge >= 0.3 is 0 Å². The van der Waals surface area contributed by atoms with Crippen molar-refractivity contribution < 1.29 is 9.53 Å². The Hall–Kier alpha value is -2.82. The molecular weight excluding hydrogens is 378 g/mol. The van der Waals surface area contributed by atoms with E-state index in [2.05, 4.69) is 15.1 Å². The molecule has 3 heterocycles. The molecule has 0 aliphatic heterocycles. The van der Waals surface area contributed by atoms with Crippen LogP contribution >= 0.6 is 11.6 Å². The number of aromatic nitrogens is 4. The van der Waals surface area contributed by atoms with Crippen LogP contribution in [-0.4, -0.2) is 39.1 Å². The van der Waals surface area contributed by atoms with Gasteiger partial charge in [0.1, 0.15) is 11.9 Å². The Labute approximate surface area is 166 Å². The van der Waals surface area contributed by atoms with E-state index in [1.165, 1.54) is 6.20 Å². The highest BCUT2D eigenvalue weighted by atomic mass is 35.5. The van der Waals surface area contributed by atoms with E-state index in [-0.39, 0.29) is 24.0 Å². The first-order valence-corrected chi connectivity index (χ1v) is 9.31. The van der Waals surface area contributed by atoms with Gasteiger partial charge in [-0.05, 0) is 24.5 Å². The maximum atomic E-state index is 12.8. The zero-order valence-corrected chi connectivity index (χ0v) is 16.1. The van der Waals surface area contributed by atoms with Gasteiger partial charge in [0, 0.05) is 55.6 Å². The van der Waals surface area contributed by atoms with E-state index in [9.17, 15) is 4.79 Å². The number of nitriles is 1. The van der Waals surface area contributed by atoms with Crippen molar-refractivity contribution in [3.8, 4) is 6.07 Å².